The van der Waals surface area contributed by atoms with Crippen molar-refractivity contribution in [3.05, 3.63) is 47.0 Å². The van der Waals surface area contributed by atoms with Crippen LogP contribution in [0, 0.1) is 38.3 Å². The zero-order valence-electron chi connectivity index (χ0n) is 16.6. The quantitative estimate of drug-likeness (QED) is 0.711. The van der Waals surface area contributed by atoms with E-state index in [0.29, 0.717) is 37.5 Å². The minimum atomic E-state index is -0.777. The van der Waals surface area contributed by atoms with E-state index in [4.69, 9.17) is 4.42 Å². The van der Waals surface area contributed by atoms with Crippen LogP contribution < -0.4 is 10.2 Å². The molecule has 0 unspecified atom stereocenters. The molecule has 1 saturated heterocycles. The van der Waals surface area contributed by atoms with Crippen molar-refractivity contribution >= 4 is 28.5 Å². The fourth-order valence-corrected chi connectivity index (χ4v) is 3.74. The highest BCUT2D eigenvalue weighted by Crippen LogP contribution is 2.33. The molecule has 1 amide bonds. The molecule has 152 valence electrons. The van der Waals surface area contributed by atoms with E-state index in [2.05, 4.69) is 20.2 Å². The largest absolute Gasteiger partial charge is 0.443 e. The number of piperidine rings is 1. The third kappa shape index (κ3) is 3.66. The fourth-order valence-electron chi connectivity index (χ4n) is 3.74. The zero-order chi connectivity index (χ0) is 20.7. The molecule has 0 aliphatic carbocycles. The highest BCUT2D eigenvalue weighted by Gasteiger charge is 2.28. The lowest BCUT2D eigenvalue weighted by atomic mass is 9.95. The van der Waals surface area contributed by atoms with Crippen molar-refractivity contribution in [1.82, 2.24) is 9.97 Å². The lowest BCUT2D eigenvalue weighted by molar-refractivity contribution is -0.120. The van der Waals surface area contributed by atoms with E-state index in [-0.39, 0.29) is 17.5 Å². The van der Waals surface area contributed by atoms with Crippen LogP contribution >= 0.6 is 0 Å². The predicted molar refractivity (Wildman–Crippen MR) is 106 cm³/mol. The van der Waals surface area contributed by atoms with Crippen LogP contribution in [0.15, 0.2) is 22.6 Å². The molecule has 0 spiro atoms. The lowest BCUT2D eigenvalue weighted by Gasteiger charge is -2.32. The van der Waals surface area contributed by atoms with E-state index < -0.39 is 11.6 Å². The van der Waals surface area contributed by atoms with Gasteiger partial charge in [0, 0.05) is 30.6 Å². The Morgan fingerprint density at radius 2 is 1.90 bits per heavy atom. The molecule has 0 atom stereocenters. The highest BCUT2D eigenvalue weighted by molar-refractivity contribution is 5.93. The summed E-state index contributed by atoms with van der Waals surface area (Å²) in [7, 11) is 0. The van der Waals surface area contributed by atoms with Crippen molar-refractivity contribution in [2.75, 3.05) is 23.3 Å². The molecule has 1 N–H and O–H groups in total. The zero-order valence-corrected chi connectivity index (χ0v) is 16.6. The Morgan fingerprint density at radius 1 is 1.17 bits per heavy atom. The minimum Gasteiger partial charge on any atom is -0.443 e. The number of anilines is 2. The van der Waals surface area contributed by atoms with Gasteiger partial charge >= 0.3 is 0 Å². The number of hydrogen-bond donors (Lipinski definition) is 1. The van der Waals surface area contributed by atoms with E-state index in [9.17, 15) is 13.6 Å². The maximum Gasteiger partial charge on any atom is 0.231 e. The third-order valence-corrected chi connectivity index (χ3v) is 5.48. The SMILES string of the molecule is Cc1nc(N2CCC(C(=O)Nc3ccc(F)cc3F)CC2)c2c(C)c(C)oc2n1. The summed E-state index contributed by atoms with van der Waals surface area (Å²) in [6.07, 6.45) is 1.21. The smallest absolute Gasteiger partial charge is 0.231 e. The van der Waals surface area contributed by atoms with Crippen LogP contribution in [0.1, 0.15) is 30.0 Å². The topological polar surface area (TPSA) is 71.3 Å². The van der Waals surface area contributed by atoms with E-state index in [1.54, 1.807) is 0 Å². The summed E-state index contributed by atoms with van der Waals surface area (Å²) >= 11 is 0. The normalized spacial score (nSPS) is 15.1. The second kappa shape index (κ2) is 7.42. The monoisotopic (exact) mass is 400 g/mol. The van der Waals surface area contributed by atoms with Crippen molar-refractivity contribution in [2.24, 2.45) is 5.92 Å². The van der Waals surface area contributed by atoms with Gasteiger partial charge in [0.15, 0.2) is 0 Å². The van der Waals surface area contributed by atoms with Gasteiger partial charge in [0.05, 0.1) is 11.1 Å². The Hall–Kier alpha value is -3.03. The first-order valence-electron chi connectivity index (χ1n) is 9.58. The highest BCUT2D eigenvalue weighted by atomic mass is 19.1. The number of carbonyl (C=O) groups excluding carboxylic acids is 1. The van der Waals surface area contributed by atoms with Gasteiger partial charge in [-0.3, -0.25) is 4.79 Å². The summed E-state index contributed by atoms with van der Waals surface area (Å²) in [6, 6.07) is 3.12. The Labute approximate surface area is 166 Å². The number of benzene rings is 1. The number of amides is 1. The van der Waals surface area contributed by atoms with Crippen molar-refractivity contribution < 1.29 is 18.0 Å². The van der Waals surface area contributed by atoms with Gasteiger partial charge in [-0.25, -0.2) is 13.8 Å². The average molecular weight is 400 g/mol. The number of halogens is 2. The fraction of sp³-hybridized carbons (Fsp3) is 0.381. The Bertz CT molecular complexity index is 1090. The third-order valence-electron chi connectivity index (χ3n) is 5.48. The van der Waals surface area contributed by atoms with Gasteiger partial charge in [0.2, 0.25) is 11.6 Å². The summed E-state index contributed by atoms with van der Waals surface area (Å²) in [5.41, 5.74) is 1.59. The van der Waals surface area contributed by atoms with E-state index >= 15 is 0 Å². The van der Waals surface area contributed by atoms with Gasteiger partial charge in [-0.1, -0.05) is 0 Å². The first kappa shape index (κ1) is 19.3. The van der Waals surface area contributed by atoms with Gasteiger partial charge in [0.1, 0.15) is 29.0 Å². The first-order valence-corrected chi connectivity index (χ1v) is 9.58. The van der Waals surface area contributed by atoms with Crippen LogP contribution in [0.5, 0.6) is 0 Å². The number of aryl methyl sites for hydroxylation is 3. The van der Waals surface area contributed by atoms with Gasteiger partial charge in [0.25, 0.3) is 0 Å². The summed E-state index contributed by atoms with van der Waals surface area (Å²) in [4.78, 5) is 23.7. The van der Waals surface area contributed by atoms with Crippen LogP contribution in [-0.4, -0.2) is 29.0 Å². The predicted octanol–water partition coefficient (Wildman–Crippen LogP) is 4.28. The maximum absolute atomic E-state index is 13.8. The number of rotatable bonds is 3. The molecule has 0 saturated carbocycles. The molecule has 3 heterocycles. The number of furan rings is 1. The molecule has 4 rings (SSSR count). The van der Waals surface area contributed by atoms with Crippen LogP contribution in [0.3, 0.4) is 0 Å². The van der Waals surface area contributed by atoms with Crippen LogP contribution in [-0.2, 0) is 4.79 Å². The summed E-state index contributed by atoms with van der Waals surface area (Å²) in [5.74, 6) is 0.316. The van der Waals surface area contributed by atoms with E-state index in [0.717, 1.165) is 34.7 Å². The van der Waals surface area contributed by atoms with Crippen LogP contribution in [0.4, 0.5) is 20.3 Å². The molecule has 1 aromatic carbocycles. The van der Waals surface area contributed by atoms with E-state index in [1.165, 1.54) is 6.07 Å². The van der Waals surface area contributed by atoms with Crippen molar-refractivity contribution in [3.8, 4) is 0 Å². The molecule has 6 nitrogen and oxygen atoms in total. The molecule has 0 bridgehead atoms. The minimum absolute atomic E-state index is 0.00328. The standard InChI is InChI=1S/C21H22F2N4O2/c1-11-12(2)29-21-18(11)19(24-13(3)25-21)27-8-6-14(7-9-27)20(28)26-17-5-4-15(22)10-16(17)23/h4-5,10,14H,6-9H2,1-3H3,(H,26,28). The molecule has 3 aromatic rings. The summed E-state index contributed by atoms with van der Waals surface area (Å²) in [6.45, 7) is 6.99. The Morgan fingerprint density at radius 3 is 2.59 bits per heavy atom. The van der Waals surface area contributed by atoms with Crippen molar-refractivity contribution in [3.63, 3.8) is 0 Å². The molecular weight excluding hydrogens is 378 g/mol. The Kier molecular flexibility index (Phi) is 4.94. The lowest BCUT2D eigenvalue weighted by Crippen LogP contribution is -2.39. The van der Waals surface area contributed by atoms with E-state index in [1.807, 2.05) is 20.8 Å². The summed E-state index contributed by atoms with van der Waals surface area (Å²) in [5, 5.41) is 3.48. The van der Waals surface area contributed by atoms with Crippen LogP contribution in [0.2, 0.25) is 0 Å². The van der Waals surface area contributed by atoms with Crippen molar-refractivity contribution in [1.29, 1.82) is 0 Å². The number of hydrogen-bond acceptors (Lipinski definition) is 5. The van der Waals surface area contributed by atoms with Gasteiger partial charge in [-0.15, -0.1) is 0 Å². The number of nitrogens with zero attached hydrogens (tertiary/aromatic N) is 3. The molecule has 1 aliphatic rings. The molecule has 0 radical (unpaired) electrons. The number of fused-ring (bicyclic) bond motifs is 1. The van der Waals surface area contributed by atoms with Crippen molar-refractivity contribution in [2.45, 2.75) is 33.6 Å². The molecule has 29 heavy (non-hydrogen) atoms. The molecule has 1 fully saturated rings. The van der Waals surface area contributed by atoms with Crippen LogP contribution in [0.25, 0.3) is 11.1 Å². The molecular formula is C21H22F2N4O2. The number of nitrogens with one attached hydrogen (secondary N) is 1. The average Bonchev–Trinajstić information content (AvgIpc) is 2.97. The van der Waals surface area contributed by atoms with Gasteiger partial charge < -0.3 is 14.6 Å². The molecule has 2 aromatic heterocycles. The second-order valence-corrected chi connectivity index (χ2v) is 7.43. The molecule has 1 aliphatic heterocycles. The Balaban J connectivity index is 1.48. The number of aromatic nitrogens is 2. The second-order valence-electron chi connectivity index (χ2n) is 7.43. The molecule has 8 heteroatoms. The summed E-state index contributed by atoms with van der Waals surface area (Å²) < 4.78 is 32.6. The van der Waals surface area contributed by atoms with Gasteiger partial charge in [-0.05, 0) is 45.7 Å². The first-order chi connectivity index (χ1) is 13.8. The van der Waals surface area contributed by atoms with Gasteiger partial charge in [-0.2, -0.15) is 4.98 Å². The maximum atomic E-state index is 13.8. The number of carbonyl (C=O) groups is 1.